The first-order chi connectivity index (χ1) is 14.6. The zero-order chi connectivity index (χ0) is 20.7. The zero-order valence-corrected chi connectivity index (χ0v) is 17.8. The monoisotopic (exact) mass is 422 g/mol. The summed E-state index contributed by atoms with van der Waals surface area (Å²) in [5.74, 6) is 1.69. The van der Waals surface area contributed by atoms with Gasteiger partial charge in [0.25, 0.3) is 0 Å². The third-order valence-corrected chi connectivity index (χ3v) is 6.02. The van der Waals surface area contributed by atoms with Crippen molar-refractivity contribution in [1.82, 2.24) is 19.5 Å². The van der Waals surface area contributed by atoms with E-state index in [-0.39, 0.29) is 12.1 Å². The van der Waals surface area contributed by atoms with Gasteiger partial charge in [0.15, 0.2) is 5.15 Å². The first-order valence-electron chi connectivity index (χ1n) is 10.2. The molecule has 4 aromatic rings. The Bertz CT molecular complexity index is 1210. The maximum atomic E-state index is 6.59. The molecule has 5 rings (SSSR count). The Balaban J connectivity index is 1.71. The number of methoxy groups -OCH3 is 1. The summed E-state index contributed by atoms with van der Waals surface area (Å²) >= 11 is 6.59. The molecular formula is C23H23ClN4O2. The smallest absolute Gasteiger partial charge is 0.157 e. The molecule has 154 valence electrons. The first-order valence-corrected chi connectivity index (χ1v) is 10.6. The zero-order valence-electron chi connectivity index (χ0n) is 17.0. The minimum atomic E-state index is 0.205. The Morgan fingerprint density at radius 2 is 2.07 bits per heavy atom. The van der Waals surface area contributed by atoms with Crippen LogP contribution in [0.15, 0.2) is 42.6 Å². The van der Waals surface area contributed by atoms with Crippen molar-refractivity contribution < 1.29 is 9.47 Å². The largest absolute Gasteiger partial charge is 0.495 e. The topological polar surface area (TPSA) is 62.1 Å². The number of rotatable bonds is 4. The van der Waals surface area contributed by atoms with Crippen molar-refractivity contribution in [2.45, 2.75) is 38.3 Å². The number of imidazole rings is 1. The van der Waals surface area contributed by atoms with Crippen molar-refractivity contribution in [3.05, 3.63) is 59.3 Å². The van der Waals surface area contributed by atoms with Crippen molar-refractivity contribution >= 4 is 33.5 Å². The van der Waals surface area contributed by atoms with Crippen LogP contribution in [0.4, 0.5) is 0 Å². The van der Waals surface area contributed by atoms with E-state index >= 15 is 0 Å². The number of pyridine rings is 2. The maximum absolute atomic E-state index is 6.59. The molecule has 0 unspecified atom stereocenters. The van der Waals surface area contributed by atoms with Gasteiger partial charge in [-0.3, -0.25) is 4.98 Å². The van der Waals surface area contributed by atoms with Crippen LogP contribution in [-0.4, -0.2) is 39.3 Å². The number of benzene rings is 1. The highest BCUT2D eigenvalue weighted by Gasteiger charge is 2.27. The van der Waals surface area contributed by atoms with E-state index in [1.54, 1.807) is 13.3 Å². The number of hydrogen-bond donors (Lipinski definition) is 0. The number of para-hydroxylation sites is 1. The Morgan fingerprint density at radius 3 is 2.83 bits per heavy atom. The Labute approximate surface area is 179 Å². The van der Waals surface area contributed by atoms with Gasteiger partial charge < -0.3 is 14.0 Å². The van der Waals surface area contributed by atoms with Gasteiger partial charge in [-0.05, 0) is 38.0 Å². The Morgan fingerprint density at radius 1 is 1.20 bits per heavy atom. The lowest BCUT2D eigenvalue weighted by Crippen LogP contribution is -2.26. The fourth-order valence-electron chi connectivity index (χ4n) is 4.34. The van der Waals surface area contributed by atoms with E-state index < -0.39 is 0 Å². The molecule has 0 amide bonds. The lowest BCUT2D eigenvalue weighted by Gasteiger charge is -2.30. The Kier molecular flexibility index (Phi) is 5.05. The molecule has 1 saturated heterocycles. The predicted octanol–water partition coefficient (Wildman–Crippen LogP) is 4.97. The van der Waals surface area contributed by atoms with Crippen molar-refractivity contribution in [3.63, 3.8) is 0 Å². The second kappa shape index (κ2) is 7.85. The van der Waals surface area contributed by atoms with Gasteiger partial charge >= 0.3 is 0 Å². The SMILES string of the molecule is COc1ccc(Cc2nc3c(Cl)nc4ccccc4c3n2[C@@H]2CCO[C@H](C)C2)nc1. The minimum Gasteiger partial charge on any atom is -0.495 e. The van der Waals surface area contributed by atoms with Gasteiger partial charge in [-0.1, -0.05) is 29.8 Å². The van der Waals surface area contributed by atoms with Gasteiger partial charge in [0.05, 0.1) is 30.4 Å². The number of ether oxygens (including phenoxy) is 2. The lowest BCUT2D eigenvalue weighted by molar-refractivity contribution is 0.00631. The number of fused-ring (bicyclic) bond motifs is 3. The van der Waals surface area contributed by atoms with E-state index in [1.165, 1.54) is 0 Å². The summed E-state index contributed by atoms with van der Waals surface area (Å²) in [7, 11) is 1.64. The molecule has 30 heavy (non-hydrogen) atoms. The van der Waals surface area contributed by atoms with E-state index in [0.717, 1.165) is 58.7 Å². The third-order valence-electron chi connectivity index (χ3n) is 5.75. The summed E-state index contributed by atoms with van der Waals surface area (Å²) in [5.41, 5.74) is 3.61. The molecule has 3 aromatic heterocycles. The van der Waals surface area contributed by atoms with Crippen molar-refractivity contribution in [2.75, 3.05) is 13.7 Å². The van der Waals surface area contributed by atoms with E-state index in [2.05, 4.69) is 27.5 Å². The van der Waals surface area contributed by atoms with Crippen LogP contribution in [-0.2, 0) is 11.2 Å². The maximum Gasteiger partial charge on any atom is 0.157 e. The van der Waals surface area contributed by atoms with Gasteiger partial charge in [0.2, 0.25) is 0 Å². The molecule has 0 aliphatic carbocycles. The second-order valence-corrected chi connectivity index (χ2v) is 8.10. The molecule has 0 bridgehead atoms. The summed E-state index contributed by atoms with van der Waals surface area (Å²) in [6.07, 6.45) is 4.42. The van der Waals surface area contributed by atoms with Crippen LogP contribution in [0, 0.1) is 0 Å². The van der Waals surface area contributed by atoms with Crippen molar-refractivity contribution in [1.29, 1.82) is 0 Å². The number of hydrogen-bond acceptors (Lipinski definition) is 5. The summed E-state index contributed by atoms with van der Waals surface area (Å²) in [6.45, 7) is 2.87. The van der Waals surface area contributed by atoms with Gasteiger partial charge in [-0.2, -0.15) is 0 Å². The van der Waals surface area contributed by atoms with Gasteiger partial charge in [0.1, 0.15) is 17.1 Å². The normalized spacial score (nSPS) is 19.4. The molecule has 7 heteroatoms. The molecule has 1 aliphatic heterocycles. The van der Waals surface area contributed by atoms with Crippen LogP contribution in [0.5, 0.6) is 5.75 Å². The van der Waals surface area contributed by atoms with Crippen LogP contribution in [0.2, 0.25) is 5.15 Å². The average Bonchev–Trinajstić information content (AvgIpc) is 3.14. The lowest BCUT2D eigenvalue weighted by atomic mass is 10.0. The third kappa shape index (κ3) is 3.40. The molecular weight excluding hydrogens is 400 g/mol. The summed E-state index contributed by atoms with van der Waals surface area (Å²) < 4.78 is 13.4. The molecule has 4 heterocycles. The number of halogens is 1. The molecule has 0 saturated carbocycles. The van der Waals surface area contributed by atoms with Crippen LogP contribution in [0.25, 0.3) is 21.9 Å². The minimum absolute atomic E-state index is 0.205. The van der Waals surface area contributed by atoms with Crippen LogP contribution in [0.3, 0.4) is 0 Å². The quantitative estimate of drug-likeness (QED) is 0.434. The van der Waals surface area contributed by atoms with Crippen LogP contribution < -0.4 is 4.74 Å². The van der Waals surface area contributed by atoms with E-state index in [0.29, 0.717) is 11.6 Å². The van der Waals surface area contributed by atoms with Crippen LogP contribution >= 0.6 is 11.6 Å². The van der Waals surface area contributed by atoms with Crippen molar-refractivity contribution in [3.8, 4) is 5.75 Å². The fourth-order valence-corrected chi connectivity index (χ4v) is 4.56. The summed E-state index contributed by atoms with van der Waals surface area (Å²) in [5, 5.41) is 1.50. The van der Waals surface area contributed by atoms with Gasteiger partial charge in [-0.25, -0.2) is 9.97 Å². The fraction of sp³-hybridized carbons (Fsp3) is 0.348. The summed E-state index contributed by atoms with van der Waals surface area (Å²) in [4.78, 5) is 14.1. The van der Waals surface area contributed by atoms with Crippen LogP contribution in [0.1, 0.15) is 37.3 Å². The molecule has 1 aliphatic rings. The number of nitrogens with zero attached hydrogens (tertiary/aromatic N) is 4. The van der Waals surface area contributed by atoms with E-state index in [1.807, 2.05) is 30.3 Å². The molecule has 6 nitrogen and oxygen atoms in total. The molecule has 1 aromatic carbocycles. The summed E-state index contributed by atoms with van der Waals surface area (Å²) in [6, 6.07) is 12.3. The first kappa shape index (κ1) is 19.3. The standard InChI is InChI=1S/C23H23ClN4O2/c1-14-11-16(9-10-30-14)28-20(12-15-7-8-17(29-2)13-25-15)27-21-22(28)18-5-3-4-6-19(18)26-23(21)24/h3-8,13-14,16H,9-12H2,1-2H3/t14-,16-/m1/s1. The van der Waals surface area contributed by atoms with Gasteiger partial charge in [-0.15, -0.1) is 0 Å². The van der Waals surface area contributed by atoms with E-state index in [9.17, 15) is 0 Å². The second-order valence-electron chi connectivity index (χ2n) is 7.74. The highest BCUT2D eigenvalue weighted by atomic mass is 35.5. The molecule has 0 spiro atoms. The number of aromatic nitrogens is 4. The Hall–Kier alpha value is -2.70. The highest BCUT2D eigenvalue weighted by molar-refractivity contribution is 6.35. The predicted molar refractivity (Wildman–Crippen MR) is 117 cm³/mol. The molecule has 2 atom stereocenters. The van der Waals surface area contributed by atoms with E-state index in [4.69, 9.17) is 26.1 Å². The highest BCUT2D eigenvalue weighted by Crippen LogP contribution is 2.36. The van der Waals surface area contributed by atoms with Gasteiger partial charge in [0, 0.05) is 30.1 Å². The molecule has 1 fully saturated rings. The molecule has 0 radical (unpaired) electrons. The van der Waals surface area contributed by atoms with Crippen molar-refractivity contribution in [2.24, 2.45) is 0 Å². The average molecular weight is 423 g/mol. The molecule has 0 N–H and O–H groups in total.